The highest BCUT2D eigenvalue weighted by Gasteiger charge is 2.24. The Morgan fingerprint density at radius 2 is 1.75 bits per heavy atom. The molecule has 0 aliphatic heterocycles. The minimum absolute atomic E-state index is 0.0262. The van der Waals surface area contributed by atoms with Crippen LogP contribution in [-0.4, -0.2) is 50.4 Å². The van der Waals surface area contributed by atoms with E-state index in [1.165, 1.54) is 0 Å². The van der Waals surface area contributed by atoms with Crippen LogP contribution in [0.1, 0.15) is 28.4 Å². The van der Waals surface area contributed by atoms with E-state index in [4.69, 9.17) is 14.2 Å². The summed E-state index contributed by atoms with van der Waals surface area (Å²) in [7, 11) is 7.19. The van der Waals surface area contributed by atoms with Crippen LogP contribution in [0.25, 0.3) is 20.7 Å². The minimum Gasteiger partial charge on any atom is -0.497 e. The maximum atomic E-state index is 13.7. The SMILES string of the molecule is CCOC(=O)c1cn(Cc2ccccc2OC)c2sc(-c3ccc(OC)cc3)c(CN(C)C)c2c1=O. The molecule has 0 spiro atoms. The molecule has 188 valence electrons. The standard InChI is InChI=1S/C28H30N2O5S/c1-6-35-28(32)22-17-30(15-19-9-7-8-10-23(19)34-5)27-24(25(22)31)21(16-29(2)3)26(36-27)18-11-13-20(33-4)14-12-18/h7-14,17H,6,15-16H2,1-5H3. The van der Waals surface area contributed by atoms with Crippen molar-refractivity contribution in [2.75, 3.05) is 34.9 Å². The Morgan fingerprint density at radius 1 is 1.03 bits per heavy atom. The second-order valence-corrected chi connectivity index (χ2v) is 9.59. The van der Waals surface area contributed by atoms with Crippen LogP contribution < -0.4 is 14.9 Å². The molecule has 0 atom stereocenters. The monoisotopic (exact) mass is 506 g/mol. The number of carbonyl (C=O) groups is 1. The molecule has 8 heteroatoms. The molecule has 0 aliphatic rings. The molecule has 2 aromatic heterocycles. The number of aromatic nitrogens is 1. The van der Waals surface area contributed by atoms with Gasteiger partial charge in [-0.3, -0.25) is 4.79 Å². The first kappa shape index (κ1) is 25.5. The molecule has 4 rings (SSSR count). The number of esters is 1. The summed E-state index contributed by atoms with van der Waals surface area (Å²) < 4.78 is 18.1. The van der Waals surface area contributed by atoms with Crippen molar-refractivity contribution in [1.82, 2.24) is 9.47 Å². The van der Waals surface area contributed by atoms with Crippen LogP contribution in [0, 0.1) is 0 Å². The Hall–Kier alpha value is -3.62. The van der Waals surface area contributed by atoms with E-state index in [9.17, 15) is 9.59 Å². The van der Waals surface area contributed by atoms with Crippen LogP contribution >= 0.6 is 11.3 Å². The maximum absolute atomic E-state index is 13.7. The molecule has 0 amide bonds. The van der Waals surface area contributed by atoms with Crippen molar-refractivity contribution >= 4 is 27.5 Å². The van der Waals surface area contributed by atoms with E-state index in [0.717, 1.165) is 37.9 Å². The van der Waals surface area contributed by atoms with Crippen LogP contribution in [0.4, 0.5) is 0 Å². The molecule has 0 saturated heterocycles. The van der Waals surface area contributed by atoms with E-state index in [2.05, 4.69) is 0 Å². The van der Waals surface area contributed by atoms with Crippen LogP contribution in [0.3, 0.4) is 0 Å². The Bertz CT molecular complexity index is 1440. The van der Waals surface area contributed by atoms with Gasteiger partial charge in [0.2, 0.25) is 5.43 Å². The number of rotatable bonds is 9. The summed E-state index contributed by atoms with van der Waals surface area (Å²) in [4.78, 5) is 30.4. The number of para-hydroxylation sites is 1. The van der Waals surface area contributed by atoms with Crippen molar-refractivity contribution in [2.45, 2.75) is 20.0 Å². The van der Waals surface area contributed by atoms with Crippen LogP contribution in [0.5, 0.6) is 11.5 Å². The largest absolute Gasteiger partial charge is 0.497 e. The first-order valence-corrected chi connectivity index (χ1v) is 12.5. The lowest BCUT2D eigenvalue weighted by Crippen LogP contribution is -2.22. The molecule has 7 nitrogen and oxygen atoms in total. The number of benzene rings is 2. The van der Waals surface area contributed by atoms with Crippen molar-refractivity contribution in [1.29, 1.82) is 0 Å². The number of fused-ring (bicyclic) bond motifs is 1. The fourth-order valence-electron chi connectivity index (χ4n) is 4.23. The van der Waals surface area contributed by atoms with E-state index >= 15 is 0 Å². The lowest BCUT2D eigenvalue weighted by atomic mass is 10.0. The second-order valence-electron chi connectivity index (χ2n) is 8.59. The molecule has 36 heavy (non-hydrogen) atoms. The number of hydrogen-bond acceptors (Lipinski definition) is 7. The number of carbonyl (C=O) groups excluding carboxylic acids is 1. The summed E-state index contributed by atoms with van der Waals surface area (Å²) in [5.74, 6) is 0.878. The van der Waals surface area contributed by atoms with Gasteiger partial charge >= 0.3 is 5.97 Å². The lowest BCUT2D eigenvalue weighted by Gasteiger charge is -2.14. The molecular weight excluding hydrogens is 476 g/mol. The number of ether oxygens (including phenoxy) is 3. The zero-order valence-corrected chi connectivity index (χ0v) is 22.0. The Labute approximate surface area is 214 Å². The fourth-order valence-corrected chi connectivity index (χ4v) is 5.52. The van der Waals surface area contributed by atoms with E-state index in [0.29, 0.717) is 18.5 Å². The number of nitrogens with zero attached hydrogens (tertiary/aromatic N) is 2. The quantitative estimate of drug-likeness (QED) is 0.297. The summed E-state index contributed by atoms with van der Waals surface area (Å²) in [6.07, 6.45) is 1.61. The second kappa shape index (κ2) is 11.0. The molecule has 0 aliphatic carbocycles. The molecule has 0 saturated carbocycles. The van der Waals surface area contributed by atoms with Gasteiger partial charge in [0, 0.05) is 23.2 Å². The Morgan fingerprint density at radius 3 is 2.39 bits per heavy atom. The average molecular weight is 507 g/mol. The molecular formula is C28H30N2O5S. The predicted molar refractivity (Wildman–Crippen MR) is 144 cm³/mol. The number of thiophene rings is 1. The third-order valence-electron chi connectivity index (χ3n) is 5.86. The molecule has 2 heterocycles. The maximum Gasteiger partial charge on any atom is 0.343 e. The van der Waals surface area contributed by atoms with Gasteiger partial charge in [-0.2, -0.15) is 0 Å². The number of hydrogen-bond donors (Lipinski definition) is 0. The van der Waals surface area contributed by atoms with Gasteiger partial charge in [-0.1, -0.05) is 18.2 Å². The van der Waals surface area contributed by atoms with Crippen LogP contribution in [0.2, 0.25) is 0 Å². The predicted octanol–water partition coefficient (Wildman–Crippen LogP) is 5.03. The van der Waals surface area contributed by atoms with Crippen molar-refractivity contribution in [3.63, 3.8) is 0 Å². The van der Waals surface area contributed by atoms with E-state index < -0.39 is 5.97 Å². The summed E-state index contributed by atoms with van der Waals surface area (Å²) in [5.41, 5.74) is 2.52. The summed E-state index contributed by atoms with van der Waals surface area (Å²) in [6, 6.07) is 15.5. The van der Waals surface area contributed by atoms with E-state index in [1.54, 1.807) is 38.7 Å². The summed E-state index contributed by atoms with van der Waals surface area (Å²) in [6.45, 7) is 2.89. The fraction of sp³-hybridized carbons (Fsp3) is 0.286. The molecule has 0 N–H and O–H groups in total. The lowest BCUT2D eigenvalue weighted by molar-refractivity contribution is 0.0524. The minimum atomic E-state index is -0.619. The van der Waals surface area contributed by atoms with Crippen molar-refractivity contribution in [3.8, 4) is 21.9 Å². The average Bonchev–Trinajstić information content (AvgIpc) is 3.25. The van der Waals surface area contributed by atoms with Gasteiger partial charge in [-0.05, 0) is 62.5 Å². The Balaban J connectivity index is 2.02. The van der Waals surface area contributed by atoms with Gasteiger partial charge in [0.05, 0.1) is 32.8 Å². The first-order valence-electron chi connectivity index (χ1n) is 11.6. The third-order valence-corrected chi connectivity index (χ3v) is 7.18. The highest BCUT2D eigenvalue weighted by atomic mass is 32.1. The highest BCUT2D eigenvalue weighted by Crippen LogP contribution is 2.39. The van der Waals surface area contributed by atoms with Gasteiger partial charge < -0.3 is 23.7 Å². The van der Waals surface area contributed by atoms with Gasteiger partial charge in [0.25, 0.3) is 0 Å². The van der Waals surface area contributed by atoms with Gasteiger partial charge in [-0.25, -0.2) is 4.79 Å². The normalized spacial score (nSPS) is 11.2. The van der Waals surface area contributed by atoms with Gasteiger partial charge in [0.15, 0.2) is 0 Å². The summed E-state index contributed by atoms with van der Waals surface area (Å²) >= 11 is 1.54. The Kier molecular flexibility index (Phi) is 7.76. The number of methoxy groups -OCH3 is 2. The topological polar surface area (TPSA) is 70.0 Å². The molecule has 0 fully saturated rings. The van der Waals surface area contributed by atoms with Gasteiger partial charge in [0.1, 0.15) is 21.9 Å². The zero-order valence-electron chi connectivity index (χ0n) is 21.2. The summed E-state index contributed by atoms with van der Waals surface area (Å²) in [5, 5.41) is 0.542. The molecule has 2 aromatic carbocycles. The molecule has 0 radical (unpaired) electrons. The van der Waals surface area contributed by atoms with Crippen LogP contribution in [0.15, 0.2) is 59.5 Å². The molecule has 0 unspecified atom stereocenters. The van der Waals surface area contributed by atoms with Crippen molar-refractivity contribution in [3.05, 3.63) is 81.6 Å². The van der Waals surface area contributed by atoms with E-state index in [1.807, 2.05) is 72.1 Å². The van der Waals surface area contributed by atoms with Crippen molar-refractivity contribution in [2.24, 2.45) is 0 Å². The van der Waals surface area contributed by atoms with Crippen molar-refractivity contribution < 1.29 is 19.0 Å². The molecule has 4 aromatic rings. The zero-order chi connectivity index (χ0) is 25.8. The first-order chi connectivity index (χ1) is 17.4. The van der Waals surface area contributed by atoms with E-state index in [-0.39, 0.29) is 17.6 Å². The van der Waals surface area contributed by atoms with Gasteiger partial charge in [-0.15, -0.1) is 11.3 Å². The third kappa shape index (κ3) is 5.01. The molecule has 0 bridgehead atoms. The highest BCUT2D eigenvalue weighted by molar-refractivity contribution is 7.22. The smallest absolute Gasteiger partial charge is 0.343 e. The number of pyridine rings is 1. The van der Waals surface area contributed by atoms with Crippen LogP contribution in [-0.2, 0) is 17.8 Å².